The largest absolute Gasteiger partial charge is 0.479 e. The lowest BCUT2D eigenvalue weighted by atomic mass is 10.0. The number of benzene rings is 1. The number of likely N-dealkylation sites (tertiary alicyclic amines) is 1. The lowest BCUT2D eigenvalue weighted by molar-refractivity contribution is -0.142. The van der Waals surface area contributed by atoms with Crippen molar-refractivity contribution in [3.8, 4) is 17.0 Å². The molecular formula is C23H25F5N8O2. The zero-order valence-electron chi connectivity index (χ0n) is 20.5. The van der Waals surface area contributed by atoms with E-state index in [1.54, 1.807) is 35.4 Å². The van der Waals surface area contributed by atoms with Gasteiger partial charge in [0.1, 0.15) is 17.6 Å². The van der Waals surface area contributed by atoms with Crippen molar-refractivity contribution in [3.05, 3.63) is 30.5 Å². The third-order valence-corrected chi connectivity index (χ3v) is 6.42. The molecule has 0 radical (unpaired) electrons. The molecule has 38 heavy (non-hydrogen) atoms. The first-order valence-electron chi connectivity index (χ1n) is 11.8. The van der Waals surface area contributed by atoms with Crippen molar-refractivity contribution in [2.24, 2.45) is 0 Å². The predicted molar refractivity (Wildman–Crippen MR) is 127 cm³/mol. The first-order valence-corrected chi connectivity index (χ1v) is 11.8. The molecule has 1 saturated heterocycles. The van der Waals surface area contributed by atoms with Crippen LogP contribution in [0.4, 0.5) is 27.9 Å². The summed E-state index contributed by atoms with van der Waals surface area (Å²) in [6, 6.07) is 5.31. The summed E-state index contributed by atoms with van der Waals surface area (Å²) < 4.78 is 81.3. The number of piperidine rings is 1. The van der Waals surface area contributed by atoms with E-state index in [2.05, 4.69) is 25.7 Å². The van der Waals surface area contributed by atoms with Crippen molar-refractivity contribution in [2.75, 3.05) is 45.8 Å². The topological polar surface area (TPSA) is 94.6 Å². The second-order valence-electron chi connectivity index (χ2n) is 9.05. The van der Waals surface area contributed by atoms with Gasteiger partial charge < -0.3 is 14.8 Å². The number of hydrogen-bond acceptors (Lipinski definition) is 8. The fourth-order valence-corrected chi connectivity index (χ4v) is 4.60. The van der Waals surface area contributed by atoms with Crippen LogP contribution >= 0.6 is 0 Å². The Morgan fingerprint density at radius 3 is 2.71 bits per heavy atom. The molecule has 10 nitrogen and oxygen atoms in total. The van der Waals surface area contributed by atoms with E-state index < -0.39 is 31.2 Å². The Hall–Kier alpha value is -3.59. The number of halogens is 5. The normalized spacial score (nSPS) is 18.3. The van der Waals surface area contributed by atoms with Crippen LogP contribution < -0.4 is 10.1 Å². The fraction of sp³-hybridized carbons (Fsp3) is 0.478. The Bertz CT molecular complexity index is 1440. The van der Waals surface area contributed by atoms with Crippen LogP contribution in [0.5, 0.6) is 5.88 Å². The lowest BCUT2D eigenvalue weighted by Gasteiger charge is -2.38. The lowest BCUT2D eigenvalue weighted by Crippen LogP contribution is -2.55. The molecule has 1 aliphatic rings. The number of rotatable bonds is 8. The van der Waals surface area contributed by atoms with Crippen molar-refractivity contribution in [2.45, 2.75) is 31.1 Å². The number of alkyl halides is 5. The second kappa shape index (κ2) is 9.94. The minimum absolute atomic E-state index is 0.0329. The van der Waals surface area contributed by atoms with Crippen LogP contribution in [0, 0.1) is 0 Å². The fourth-order valence-electron chi connectivity index (χ4n) is 4.60. The Labute approximate surface area is 213 Å². The number of methoxy groups -OCH3 is 2. The van der Waals surface area contributed by atoms with Crippen molar-refractivity contribution < 1.29 is 31.4 Å². The molecule has 4 heterocycles. The molecular weight excluding hydrogens is 515 g/mol. The zero-order chi connectivity index (χ0) is 27.1. The molecule has 5 rings (SSSR count). The summed E-state index contributed by atoms with van der Waals surface area (Å²) in [5.41, 5.74) is 2.07. The highest BCUT2D eigenvalue weighted by Gasteiger charge is 2.45. The number of aromatic nitrogens is 6. The maximum Gasteiger partial charge on any atom is 0.408 e. The van der Waals surface area contributed by atoms with Gasteiger partial charge in [0.2, 0.25) is 11.8 Å². The van der Waals surface area contributed by atoms with E-state index in [9.17, 15) is 22.0 Å². The highest BCUT2D eigenvalue weighted by molar-refractivity contribution is 5.89. The molecule has 1 N–H and O–H groups in total. The number of anilines is 1. The first kappa shape index (κ1) is 26.0. The van der Waals surface area contributed by atoms with E-state index in [0.717, 1.165) is 4.68 Å². The van der Waals surface area contributed by atoms with E-state index in [-0.39, 0.29) is 23.8 Å². The minimum atomic E-state index is -4.46. The van der Waals surface area contributed by atoms with Gasteiger partial charge in [-0.2, -0.15) is 18.2 Å². The highest BCUT2D eigenvalue weighted by atomic mass is 19.4. The summed E-state index contributed by atoms with van der Waals surface area (Å²) in [6.45, 7) is -0.439. The molecule has 15 heteroatoms. The Kier molecular flexibility index (Phi) is 6.81. The van der Waals surface area contributed by atoms with Crippen molar-refractivity contribution in [3.63, 3.8) is 0 Å². The van der Waals surface area contributed by atoms with Crippen LogP contribution in [0.3, 0.4) is 0 Å². The van der Waals surface area contributed by atoms with Gasteiger partial charge in [-0.1, -0.05) is 11.3 Å². The molecule has 3 aromatic heterocycles. The number of fused-ring (bicyclic) bond motifs is 2. The average Bonchev–Trinajstić information content (AvgIpc) is 3.46. The van der Waals surface area contributed by atoms with E-state index in [1.165, 1.54) is 18.7 Å². The maximum atomic E-state index is 14.9. The summed E-state index contributed by atoms with van der Waals surface area (Å²) >= 11 is 0. The molecule has 1 unspecified atom stereocenters. The van der Waals surface area contributed by atoms with Crippen LogP contribution in [-0.4, -0.2) is 93.1 Å². The Balaban J connectivity index is 1.44. The van der Waals surface area contributed by atoms with Crippen molar-refractivity contribution in [1.29, 1.82) is 0 Å². The van der Waals surface area contributed by atoms with Gasteiger partial charge in [0.25, 0.3) is 5.92 Å². The predicted octanol–water partition coefficient (Wildman–Crippen LogP) is 3.48. The van der Waals surface area contributed by atoms with Gasteiger partial charge in [-0.3, -0.25) is 4.90 Å². The zero-order valence-corrected chi connectivity index (χ0v) is 20.5. The molecule has 1 aliphatic heterocycles. The Morgan fingerprint density at radius 2 is 2.00 bits per heavy atom. The van der Waals surface area contributed by atoms with Gasteiger partial charge in [0.05, 0.1) is 31.8 Å². The van der Waals surface area contributed by atoms with Gasteiger partial charge >= 0.3 is 6.18 Å². The van der Waals surface area contributed by atoms with Crippen LogP contribution in [0.1, 0.15) is 6.42 Å². The molecule has 1 fully saturated rings. The summed E-state index contributed by atoms with van der Waals surface area (Å²) in [6.07, 6.45) is -2.69. The molecule has 0 aliphatic carbocycles. The van der Waals surface area contributed by atoms with Crippen LogP contribution in [0.25, 0.3) is 27.7 Å². The third kappa shape index (κ3) is 5.20. The van der Waals surface area contributed by atoms with Gasteiger partial charge in [0.15, 0.2) is 0 Å². The van der Waals surface area contributed by atoms with Crippen LogP contribution in [0.2, 0.25) is 0 Å². The van der Waals surface area contributed by atoms with Gasteiger partial charge in [-0.15, -0.1) is 10.2 Å². The molecule has 0 saturated carbocycles. The monoisotopic (exact) mass is 540 g/mol. The second-order valence-corrected chi connectivity index (χ2v) is 9.05. The third-order valence-electron chi connectivity index (χ3n) is 6.42. The smallest absolute Gasteiger partial charge is 0.408 e. The maximum absolute atomic E-state index is 14.9. The van der Waals surface area contributed by atoms with Crippen LogP contribution in [-0.2, 0) is 11.3 Å². The molecule has 0 bridgehead atoms. The summed E-state index contributed by atoms with van der Waals surface area (Å²) in [5, 5.41) is 14.5. The molecule has 4 aromatic rings. The van der Waals surface area contributed by atoms with E-state index >= 15 is 0 Å². The molecule has 0 spiro atoms. The summed E-state index contributed by atoms with van der Waals surface area (Å²) in [4.78, 5) is 5.96. The number of hydrogen-bond donors (Lipinski definition) is 1. The first-order chi connectivity index (χ1) is 18.1. The van der Waals surface area contributed by atoms with Gasteiger partial charge in [-0.05, 0) is 30.2 Å². The van der Waals surface area contributed by atoms with E-state index in [4.69, 9.17) is 9.47 Å². The standard InChI is InChI=1S/C23H25F5N8O2/c1-37-10-9-34-7-6-18(22(24,25)12-34)29-21-30-20(38-2)19-15(5-8-35(19)32-21)14-3-4-16-17(11-14)36(33-31-16)13-23(26,27)28/h3-5,8,11,18H,6-7,9-10,12-13H2,1-2H3,(H,29,32). The number of nitrogens with one attached hydrogen (secondary N) is 1. The summed E-state index contributed by atoms with van der Waals surface area (Å²) in [7, 11) is 2.91. The molecule has 1 aromatic carbocycles. The molecule has 1 atom stereocenters. The SMILES string of the molecule is COCCN1CCC(Nc2nc(OC)c3c(-c4ccc5nnn(CC(F)(F)F)c5c4)ccn3n2)C(F)(F)C1. The van der Waals surface area contributed by atoms with Crippen molar-refractivity contribution in [1.82, 2.24) is 34.5 Å². The quantitative estimate of drug-likeness (QED) is 0.340. The number of nitrogens with zero attached hydrogens (tertiary/aromatic N) is 7. The molecule has 0 amide bonds. The minimum Gasteiger partial charge on any atom is -0.479 e. The van der Waals surface area contributed by atoms with E-state index in [1.807, 2.05) is 0 Å². The average molecular weight is 540 g/mol. The number of ether oxygens (including phenoxy) is 2. The molecule has 204 valence electrons. The van der Waals surface area contributed by atoms with Gasteiger partial charge in [-0.25, -0.2) is 18.0 Å². The highest BCUT2D eigenvalue weighted by Crippen LogP contribution is 2.34. The van der Waals surface area contributed by atoms with E-state index in [0.29, 0.717) is 41.9 Å². The van der Waals surface area contributed by atoms with Crippen LogP contribution in [0.15, 0.2) is 30.5 Å². The van der Waals surface area contributed by atoms with Gasteiger partial charge in [0, 0.05) is 32.0 Å². The van der Waals surface area contributed by atoms with Crippen molar-refractivity contribution >= 4 is 22.5 Å². The Morgan fingerprint density at radius 1 is 1.18 bits per heavy atom. The summed E-state index contributed by atoms with van der Waals surface area (Å²) in [5.74, 6) is -2.94.